The van der Waals surface area contributed by atoms with Crippen molar-refractivity contribution in [3.8, 4) is 11.4 Å². The molecule has 31 heavy (non-hydrogen) atoms. The molecule has 1 heterocycles. The summed E-state index contributed by atoms with van der Waals surface area (Å²) < 4.78 is 6.23. The van der Waals surface area contributed by atoms with Crippen LogP contribution in [0.15, 0.2) is 82.4 Å². The average Bonchev–Trinajstić information content (AvgIpc) is 2.79. The number of hydrogen-bond acceptors (Lipinski definition) is 4. The number of methoxy groups -OCH3 is 1. The number of H-pyrrole nitrogens is 1. The zero-order chi connectivity index (χ0) is 22.0. The van der Waals surface area contributed by atoms with Gasteiger partial charge in [-0.25, -0.2) is 9.36 Å². The molecular weight excluding hydrogens is 394 g/mol. The van der Waals surface area contributed by atoms with Crippen molar-refractivity contribution in [3.05, 3.63) is 105 Å². The smallest absolute Gasteiger partial charge is 0.333 e. The molecule has 0 unspecified atom stereocenters. The minimum atomic E-state index is -0.556. The number of fused-ring (bicyclic) bond motifs is 1. The Balaban J connectivity index is 1.65. The van der Waals surface area contributed by atoms with Gasteiger partial charge in [-0.05, 0) is 48.0 Å². The topological polar surface area (TPSA) is 84.4 Å². The van der Waals surface area contributed by atoms with E-state index in [0.29, 0.717) is 28.7 Å². The fourth-order valence-corrected chi connectivity index (χ4v) is 3.46. The van der Waals surface area contributed by atoms with Crippen LogP contribution in [0.1, 0.15) is 15.9 Å². The maximum atomic E-state index is 12.9. The fourth-order valence-electron chi connectivity index (χ4n) is 3.46. The number of carbonyl (C=O) groups is 1. The van der Waals surface area contributed by atoms with Crippen LogP contribution in [0.2, 0.25) is 0 Å². The number of rotatable bonds is 5. The van der Waals surface area contributed by atoms with Gasteiger partial charge < -0.3 is 14.6 Å². The van der Waals surface area contributed by atoms with Crippen LogP contribution in [0.3, 0.4) is 0 Å². The minimum absolute atomic E-state index is 0.217. The highest BCUT2D eigenvalue weighted by Gasteiger charge is 2.15. The predicted octanol–water partition coefficient (Wildman–Crippen LogP) is 2.96. The van der Waals surface area contributed by atoms with Gasteiger partial charge in [0.25, 0.3) is 11.5 Å². The molecule has 0 aliphatic heterocycles. The SMILES string of the molecule is COc1ccc(CN(C)C(=O)c2ccc3c(=O)n(-c4ccccc4)c(=O)[nH]c3c2)cc1. The summed E-state index contributed by atoms with van der Waals surface area (Å²) in [5, 5.41) is 0.331. The summed E-state index contributed by atoms with van der Waals surface area (Å²) in [6.07, 6.45) is 0. The Morgan fingerprint density at radius 1 is 1.00 bits per heavy atom. The maximum absolute atomic E-state index is 12.9. The third-order valence-electron chi connectivity index (χ3n) is 5.08. The van der Waals surface area contributed by atoms with Gasteiger partial charge in [0.15, 0.2) is 0 Å². The highest BCUT2D eigenvalue weighted by Crippen LogP contribution is 2.16. The summed E-state index contributed by atoms with van der Waals surface area (Å²) in [5.41, 5.74) is 1.16. The standard InChI is InChI=1S/C24H21N3O4/c1-26(15-16-8-11-19(31-2)12-9-16)22(28)17-10-13-20-21(14-17)25-24(30)27(23(20)29)18-6-4-3-5-7-18/h3-14H,15H2,1-2H3,(H,25,30). The Labute approximate surface area is 178 Å². The van der Waals surface area contributed by atoms with Crippen LogP contribution >= 0.6 is 0 Å². The lowest BCUT2D eigenvalue weighted by molar-refractivity contribution is 0.0785. The zero-order valence-corrected chi connectivity index (χ0v) is 17.2. The first-order valence-corrected chi connectivity index (χ1v) is 9.71. The van der Waals surface area contributed by atoms with E-state index in [9.17, 15) is 14.4 Å². The van der Waals surface area contributed by atoms with E-state index in [1.807, 2.05) is 30.3 Å². The monoisotopic (exact) mass is 415 g/mol. The number of aromatic amines is 1. The molecule has 0 saturated heterocycles. The van der Waals surface area contributed by atoms with Crippen molar-refractivity contribution in [1.29, 1.82) is 0 Å². The van der Waals surface area contributed by atoms with Gasteiger partial charge in [-0.15, -0.1) is 0 Å². The molecule has 0 aliphatic rings. The third-order valence-corrected chi connectivity index (χ3v) is 5.08. The Kier molecular flexibility index (Phi) is 5.41. The summed E-state index contributed by atoms with van der Waals surface area (Å²) >= 11 is 0. The number of nitrogens with zero attached hydrogens (tertiary/aromatic N) is 2. The van der Waals surface area contributed by atoms with Crippen molar-refractivity contribution in [2.75, 3.05) is 14.2 Å². The van der Waals surface area contributed by atoms with Crippen LogP contribution in [-0.4, -0.2) is 34.5 Å². The quantitative estimate of drug-likeness (QED) is 0.543. The Bertz CT molecular complexity index is 1360. The molecule has 0 aliphatic carbocycles. The first-order valence-electron chi connectivity index (χ1n) is 9.71. The normalized spacial score (nSPS) is 10.8. The molecule has 3 aromatic carbocycles. The predicted molar refractivity (Wildman–Crippen MR) is 119 cm³/mol. The van der Waals surface area contributed by atoms with E-state index < -0.39 is 11.2 Å². The molecule has 0 saturated carbocycles. The van der Waals surface area contributed by atoms with Crippen molar-refractivity contribution >= 4 is 16.8 Å². The molecule has 1 N–H and O–H groups in total. The molecule has 0 spiro atoms. The molecule has 1 aromatic heterocycles. The molecule has 7 nitrogen and oxygen atoms in total. The number of carbonyl (C=O) groups excluding carboxylic acids is 1. The van der Waals surface area contributed by atoms with Gasteiger partial charge >= 0.3 is 5.69 Å². The summed E-state index contributed by atoms with van der Waals surface area (Å²) in [6, 6.07) is 20.9. The van der Waals surface area contributed by atoms with Gasteiger partial charge in [-0.1, -0.05) is 30.3 Å². The van der Waals surface area contributed by atoms with Crippen molar-refractivity contribution in [1.82, 2.24) is 14.5 Å². The van der Waals surface area contributed by atoms with Gasteiger partial charge in [0.2, 0.25) is 0 Å². The Morgan fingerprint density at radius 2 is 1.71 bits per heavy atom. The van der Waals surface area contributed by atoms with Gasteiger partial charge in [-0.3, -0.25) is 9.59 Å². The highest BCUT2D eigenvalue weighted by molar-refractivity contribution is 5.97. The van der Waals surface area contributed by atoms with E-state index in [-0.39, 0.29) is 5.91 Å². The third kappa shape index (κ3) is 3.98. The van der Waals surface area contributed by atoms with Crippen molar-refractivity contribution in [3.63, 3.8) is 0 Å². The lowest BCUT2D eigenvalue weighted by Gasteiger charge is -2.18. The lowest BCUT2D eigenvalue weighted by Crippen LogP contribution is -2.33. The van der Waals surface area contributed by atoms with Crippen LogP contribution in [0.4, 0.5) is 0 Å². The van der Waals surface area contributed by atoms with Crippen molar-refractivity contribution in [2.24, 2.45) is 0 Å². The first-order chi connectivity index (χ1) is 15.0. The summed E-state index contributed by atoms with van der Waals surface area (Å²) in [5.74, 6) is 0.531. The molecule has 4 aromatic rings. The van der Waals surface area contributed by atoms with Crippen LogP contribution in [-0.2, 0) is 6.54 Å². The molecule has 0 atom stereocenters. The number of amides is 1. The second-order valence-corrected chi connectivity index (χ2v) is 7.18. The molecule has 0 bridgehead atoms. The summed E-state index contributed by atoms with van der Waals surface area (Å²) in [6.45, 7) is 0.410. The van der Waals surface area contributed by atoms with Crippen LogP contribution in [0, 0.1) is 0 Å². The van der Waals surface area contributed by atoms with Crippen LogP contribution < -0.4 is 16.0 Å². The van der Waals surface area contributed by atoms with E-state index in [0.717, 1.165) is 15.9 Å². The number of ether oxygens (including phenoxy) is 1. The van der Waals surface area contributed by atoms with Gasteiger partial charge in [0, 0.05) is 19.2 Å². The second-order valence-electron chi connectivity index (χ2n) is 7.18. The molecule has 156 valence electrons. The van der Waals surface area contributed by atoms with Gasteiger partial charge in [-0.2, -0.15) is 0 Å². The Morgan fingerprint density at radius 3 is 2.39 bits per heavy atom. The average molecular weight is 415 g/mol. The number of para-hydroxylation sites is 1. The van der Waals surface area contributed by atoms with Crippen LogP contribution in [0.25, 0.3) is 16.6 Å². The van der Waals surface area contributed by atoms with Crippen molar-refractivity contribution in [2.45, 2.75) is 6.54 Å². The van der Waals surface area contributed by atoms with Crippen molar-refractivity contribution < 1.29 is 9.53 Å². The molecule has 4 rings (SSSR count). The number of aromatic nitrogens is 2. The number of hydrogen-bond donors (Lipinski definition) is 1. The van der Waals surface area contributed by atoms with E-state index in [1.54, 1.807) is 61.5 Å². The molecule has 0 fully saturated rings. The largest absolute Gasteiger partial charge is 0.497 e. The van der Waals surface area contributed by atoms with E-state index in [1.165, 1.54) is 0 Å². The second kappa shape index (κ2) is 8.31. The molecular formula is C24H21N3O4. The molecule has 0 radical (unpaired) electrons. The van der Waals surface area contributed by atoms with E-state index >= 15 is 0 Å². The summed E-state index contributed by atoms with van der Waals surface area (Å²) in [4.78, 5) is 42.7. The molecule has 7 heteroatoms. The van der Waals surface area contributed by atoms with E-state index in [2.05, 4.69) is 4.98 Å². The maximum Gasteiger partial charge on any atom is 0.333 e. The lowest BCUT2D eigenvalue weighted by atomic mass is 10.1. The Hall–Kier alpha value is -4.13. The number of benzene rings is 3. The van der Waals surface area contributed by atoms with Crippen LogP contribution in [0.5, 0.6) is 5.75 Å². The van der Waals surface area contributed by atoms with Gasteiger partial charge in [0.05, 0.1) is 23.7 Å². The molecule has 1 amide bonds. The minimum Gasteiger partial charge on any atom is -0.497 e. The zero-order valence-electron chi connectivity index (χ0n) is 17.2. The van der Waals surface area contributed by atoms with Gasteiger partial charge in [0.1, 0.15) is 5.75 Å². The first kappa shape index (κ1) is 20.2. The highest BCUT2D eigenvalue weighted by atomic mass is 16.5. The number of nitrogens with one attached hydrogen (secondary N) is 1. The van der Waals surface area contributed by atoms with E-state index in [4.69, 9.17) is 4.74 Å². The summed E-state index contributed by atoms with van der Waals surface area (Å²) in [7, 11) is 3.30. The fraction of sp³-hybridized carbons (Fsp3) is 0.125.